The van der Waals surface area contributed by atoms with E-state index >= 15 is 0 Å². The van der Waals surface area contributed by atoms with Crippen LogP contribution in [0.5, 0.6) is 0 Å². The molecular weight excluding hydrogens is 460 g/mol. The van der Waals surface area contributed by atoms with E-state index in [-0.39, 0.29) is 0 Å². The monoisotopic (exact) mass is 484 g/mol. The van der Waals surface area contributed by atoms with Crippen LogP contribution < -0.4 is 9.80 Å². The summed E-state index contributed by atoms with van der Waals surface area (Å²) >= 11 is 0. The molecular formula is C36H24N2. The van der Waals surface area contributed by atoms with Gasteiger partial charge in [-0.2, -0.15) is 0 Å². The Morgan fingerprint density at radius 3 is 1.42 bits per heavy atom. The molecule has 0 atom stereocenters. The Kier molecular flexibility index (Phi) is 4.55. The van der Waals surface area contributed by atoms with Gasteiger partial charge in [-0.15, -0.1) is 0 Å². The highest BCUT2D eigenvalue weighted by Gasteiger charge is 2.34. The molecule has 0 fully saturated rings. The number of rotatable bonds is 2. The standard InChI is InChI=1S/C36H24N2/c1-2-15-26(16-3-1)37-33-22-10-11-23-34(33)38(32-24-12-14-25-13-4-5-17-27(25)32)36-31-21-9-7-19-29(31)28-18-6-8-20-30(28)35(36)37/h1-24H. The molecule has 2 heteroatoms. The first-order valence-corrected chi connectivity index (χ1v) is 13.1. The van der Waals surface area contributed by atoms with Crippen LogP contribution in [0.4, 0.5) is 34.1 Å². The fourth-order valence-electron chi connectivity index (χ4n) is 6.14. The van der Waals surface area contributed by atoms with Crippen LogP contribution in [0, 0.1) is 0 Å². The maximum atomic E-state index is 2.49. The Morgan fingerprint density at radius 1 is 0.289 bits per heavy atom. The molecule has 1 aliphatic heterocycles. The van der Waals surface area contributed by atoms with E-state index in [2.05, 4.69) is 155 Å². The predicted molar refractivity (Wildman–Crippen MR) is 162 cm³/mol. The van der Waals surface area contributed by atoms with Gasteiger partial charge in [-0.1, -0.05) is 115 Å². The van der Waals surface area contributed by atoms with Gasteiger partial charge in [-0.3, -0.25) is 0 Å². The second-order valence-electron chi connectivity index (χ2n) is 9.78. The van der Waals surface area contributed by atoms with Gasteiger partial charge in [0.25, 0.3) is 0 Å². The minimum atomic E-state index is 1.15. The smallest absolute Gasteiger partial charge is 0.0789 e. The van der Waals surface area contributed by atoms with Crippen LogP contribution >= 0.6 is 0 Å². The molecule has 0 radical (unpaired) electrons. The molecule has 0 amide bonds. The summed E-state index contributed by atoms with van der Waals surface area (Å²) in [5, 5.41) is 7.48. The highest BCUT2D eigenvalue weighted by atomic mass is 15.3. The molecule has 0 saturated heterocycles. The number of benzene rings is 7. The highest BCUT2D eigenvalue weighted by Crippen LogP contribution is 2.59. The molecule has 7 aromatic rings. The van der Waals surface area contributed by atoms with Gasteiger partial charge in [0, 0.05) is 21.8 Å². The van der Waals surface area contributed by atoms with Crippen LogP contribution in [0.1, 0.15) is 0 Å². The molecule has 0 saturated carbocycles. The third kappa shape index (κ3) is 2.95. The largest absolute Gasteiger partial charge is 0.306 e. The molecule has 0 N–H and O–H groups in total. The zero-order valence-corrected chi connectivity index (χ0v) is 20.8. The predicted octanol–water partition coefficient (Wildman–Crippen LogP) is 10.4. The van der Waals surface area contributed by atoms with Gasteiger partial charge in [-0.25, -0.2) is 0 Å². The van der Waals surface area contributed by atoms with E-state index in [9.17, 15) is 0 Å². The van der Waals surface area contributed by atoms with E-state index in [1.807, 2.05) is 0 Å². The average molecular weight is 485 g/mol. The van der Waals surface area contributed by atoms with Crippen molar-refractivity contribution in [1.82, 2.24) is 0 Å². The van der Waals surface area contributed by atoms with E-state index in [0.717, 1.165) is 5.69 Å². The molecule has 38 heavy (non-hydrogen) atoms. The van der Waals surface area contributed by atoms with Crippen LogP contribution in [-0.2, 0) is 0 Å². The highest BCUT2D eigenvalue weighted by molar-refractivity contribution is 6.26. The molecule has 7 aromatic carbocycles. The van der Waals surface area contributed by atoms with Crippen molar-refractivity contribution in [3.63, 3.8) is 0 Å². The van der Waals surface area contributed by atoms with Crippen LogP contribution in [0.15, 0.2) is 146 Å². The minimum absolute atomic E-state index is 1.15. The first-order valence-electron chi connectivity index (χ1n) is 13.1. The van der Waals surface area contributed by atoms with Crippen molar-refractivity contribution in [1.29, 1.82) is 0 Å². The normalized spacial score (nSPS) is 12.6. The first kappa shape index (κ1) is 21.0. The fourth-order valence-corrected chi connectivity index (χ4v) is 6.14. The van der Waals surface area contributed by atoms with Crippen molar-refractivity contribution in [2.75, 3.05) is 9.80 Å². The van der Waals surface area contributed by atoms with Crippen LogP contribution in [0.2, 0.25) is 0 Å². The van der Waals surface area contributed by atoms with E-state index < -0.39 is 0 Å². The zero-order chi connectivity index (χ0) is 25.1. The third-order valence-corrected chi connectivity index (χ3v) is 7.71. The fraction of sp³-hybridized carbons (Fsp3) is 0. The van der Waals surface area contributed by atoms with Gasteiger partial charge < -0.3 is 9.80 Å². The summed E-state index contributed by atoms with van der Waals surface area (Å²) in [5.74, 6) is 0. The number of nitrogens with zero attached hydrogens (tertiary/aromatic N) is 2. The maximum absolute atomic E-state index is 2.49. The molecule has 0 unspecified atom stereocenters. The summed E-state index contributed by atoms with van der Waals surface area (Å²) in [6, 6.07) is 52.5. The molecule has 1 heterocycles. The third-order valence-electron chi connectivity index (χ3n) is 7.71. The first-order chi connectivity index (χ1) is 18.9. The summed E-state index contributed by atoms with van der Waals surface area (Å²) in [4.78, 5) is 4.93. The SMILES string of the molecule is c1ccc(N2c3ccccc3N(c3cccc4ccccc34)c3c2c2ccccc2c2ccccc32)cc1. The maximum Gasteiger partial charge on any atom is 0.0789 e. The number of fused-ring (bicyclic) bond motifs is 8. The molecule has 178 valence electrons. The minimum Gasteiger partial charge on any atom is -0.306 e. The molecule has 0 aromatic heterocycles. The van der Waals surface area contributed by atoms with Gasteiger partial charge in [0.1, 0.15) is 0 Å². The molecule has 2 nitrogen and oxygen atoms in total. The van der Waals surface area contributed by atoms with Crippen LogP contribution in [0.3, 0.4) is 0 Å². The van der Waals surface area contributed by atoms with Crippen molar-refractivity contribution in [3.8, 4) is 0 Å². The van der Waals surface area contributed by atoms with Crippen molar-refractivity contribution in [3.05, 3.63) is 146 Å². The van der Waals surface area contributed by atoms with Crippen molar-refractivity contribution < 1.29 is 0 Å². The van der Waals surface area contributed by atoms with Gasteiger partial charge >= 0.3 is 0 Å². The lowest BCUT2D eigenvalue weighted by Gasteiger charge is -2.42. The topological polar surface area (TPSA) is 6.48 Å². The van der Waals surface area contributed by atoms with Crippen LogP contribution in [0.25, 0.3) is 32.3 Å². The summed E-state index contributed by atoms with van der Waals surface area (Å²) < 4.78 is 0. The Labute approximate surface area is 221 Å². The quantitative estimate of drug-likeness (QED) is 0.225. The van der Waals surface area contributed by atoms with E-state index in [1.54, 1.807) is 0 Å². The second-order valence-corrected chi connectivity index (χ2v) is 9.78. The van der Waals surface area contributed by atoms with E-state index in [1.165, 1.54) is 60.8 Å². The lowest BCUT2D eigenvalue weighted by Crippen LogP contribution is -2.24. The lowest BCUT2D eigenvalue weighted by molar-refractivity contribution is 1.19. The molecule has 0 bridgehead atoms. The average Bonchev–Trinajstić information content (AvgIpc) is 3.00. The number of hydrogen-bond acceptors (Lipinski definition) is 2. The Balaban J connectivity index is 1.60. The van der Waals surface area contributed by atoms with Gasteiger partial charge in [0.15, 0.2) is 0 Å². The van der Waals surface area contributed by atoms with Gasteiger partial charge in [0.05, 0.1) is 28.4 Å². The molecule has 0 aliphatic carbocycles. The van der Waals surface area contributed by atoms with E-state index in [4.69, 9.17) is 0 Å². The summed E-state index contributed by atoms with van der Waals surface area (Å²) in [6.07, 6.45) is 0. The molecule has 0 spiro atoms. The zero-order valence-electron chi connectivity index (χ0n) is 20.8. The Bertz CT molecular complexity index is 1990. The van der Waals surface area contributed by atoms with Crippen molar-refractivity contribution in [2.45, 2.75) is 0 Å². The van der Waals surface area contributed by atoms with Crippen molar-refractivity contribution in [2.24, 2.45) is 0 Å². The number of anilines is 6. The van der Waals surface area contributed by atoms with Gasteiger partial charge in [0.2, 0.25) is 0 Å². The summed E-state index contributed by atoms with van der Waals surface area (Å²) in [6.45, 7) is 0. The van der Waals surface area contributed by atoms with Crippen molar-refractivity contribution >= 4 is 66.4 Å². The summed E-state index contributed by atoms with van der Waals surface area (Å²) in [5.41, 5.74) is 7.08. The number of hydrogen-bond donors (Lipinski definition) is 0. The van der Waals surface area contributed by atoms with E-state index in [0.29, 0.717) is 0 Å². The number of para-hydroxylation sites is 3. The Hall–Kier alpha value is -5.08. The Morgan fingerprint density at radius 2 is 0.737 bits per heavy atom. The second kappa shape index (κ2) is 8.22. The lowest BCUT2D eigenvalue weighted by atomic mass is 9.93. The summed E-state index contributed by atoms with van der Waals surface area (Å²) in [7, 11) is 0. The molecule has 8 rings (SSSR count). The van der Waals surface area contributed by atoms with Gasteiger partial charge in [-0.05, 0) is 46.5 Å². The van der Waals surface area contributed by atoms with Crippen LogP contribution in [-0.4, -0.2) is 0 Å². The molecule has 1 aliphatic rings.